The molecule has 0 radical (unpaired) electrons. The molecular weight excluding hydrogens is 338 g/mol. The Labute approximate surface area is 159 Å². The van der Waals surface area contributed by atoms with E-state index in [9.17, 15) is 4.79 Å². The predicted octanol–water partition coefficient (Wildman–Crippen LogP) is 3.82. The molecule has 0 bridgehead atoms. The number of hydrogen-bond acceptors (Lipinski definition) is 3. The molecule has 0 spiro atoms. The summed E-state index contributed by atoms with van der Waals surface area (Å²) < 4.78 is 5.52. The van der Waals surface area contributed by atoms with Gasteiger partial charge in [0.1, 0.15) is 11.4 Å². The van der Waals surface area contributed by atoms with E-state index < -0.39 is 0 Å². The molecule has 1 saturated heterocycles. The molecule has 2 aromatic carbocycles. The van der Waals surface area contributed by atoms with Gasteiger partial charge in [-0.2, -0.15) is 0 Å². The number of rotatable bonds is 6. The minimum Gasteiger partial charge on any atom is -0.494 e. The van der Waals surface area contributed by atoms with Crippen molar-refractivity contribution in [3.8, 4) is 5.75 Å². The number of benzene rings is 2. The van der Waals surface area contributed by atoms with E-state index in [2.05, 4.69) is 39.5 Å². The van der Waals surface area contributed by atoms with Gasteiger partial charge >= 0.3 is 0 Å². The Morgan fingerprint density at radius 3 is 2.89 bits per heavy atom. The standard InChI is InChI=1S/C22H25N3O2/c1-2-27-19-9-8-17-12-21(24-20(17)13-19)22(26)23-14-16-10-11-25(15-16)18-6-4-3-5-7-18/h3-9,12-13,16,24H,2,10-11,14-15H2,1H3,(H,23,26). The van der Waals surface area contributed by atoms with E-state index in [4.69, 9.17) is 4.74 Å². The molecule has 1 amide bonds. The van der Waals surface area contributed by atoms with E-state index in [-0.39, 0.29) is 5.91 Å². The summed E-state index contributed by atoms with van der Waals surface area (Å²) in [5, 5.41) is 4.10. The highest BCUT2D eigenvalue weighted by Crippen LogP contribution is 2.24. The third-order valence-corrected chi connectivity index (χ3v) is 5.11. The van der Waals surface area contributed by atoms with Gasteiger partial charge in [0, 0.05) is 42.3 Å². The number of para-hydroxylation sites is 1. The van der Waals surface area contributed by atoms with Crippen molar-refractivity contribution in [2.45, 2.75) is 13.3 Å². The van der Waals surface area contributed by atoms with Gasteiger partial charge in [-0.25, -0.2) is 0 Å². The first-order valence-corrected chi connectivity index (χ1v) is 9.56. The largest absolute Gasteiger partial charge is 0.494 e. The van der Waals surface area contributed by atoms with Crippen LogP contribution in [0.3, 0.4) is 0 Å². The summed E-state index contributed by atoms with van der Waals surface area (Å²) in [6, 6.07) is 18.2. The Hall–Kier alpha value is -2.95. The smallest absolute Gasteiger partial charge is 0.267 e. The van der Waals surface area contributed by atoms with Crippen LogP contribution >= 0.6 is 0 Å². The fourth-order valence-electron chi connectivity index (χ4n) is 3.69. The van der Waals surface area contributed by atoms with Crippen molar-refractivity contribution in [2.75, 3.05) is 31.1 Å². The fourth-order valence-corrected chi connectivity index (χ4v) is 3.69. The third-order valence-electron chi connectivity index (χ3n) is 5.11. The summed E-state index contributed by atoms with van der Waals surface area (Å²) in [6.45, 7) is 5.30. The van der Waals surface area contributed by atoms with Crippen LogP contribution in [0.15, 0.2) is 54.6 Å². The lowest BCUT2D eigenvalue weighted by Crippen LogP contribution is -2.31. The lowest BCUT2D eigenvalue weighted by atomic mass is 10.1. The zero-order valence-corrected chi connectivity index (χ0v) is 15.6. The second kappa shape index (κ2) is 7.74. The first-order valence-electron chi connectivity index (χ1n) is 9.56. The number of H-pyrrole nitrogens is 1. The number of nitrogens with zero attached hydrogens (tertiary/aromatic N) is 1. The molecule has 5 nitrogen and oxygen atoms in total. The number of carbonyl (C=O) groups is 1. The molecule has 5 heteroatoms. The zero-order valence-electron chi connectivity index (χ0n) is 15.6. The monoisotopic (exact) mass is 363 g/mol. The van der Waals surface area contributed by atoms with E-state index in [1.165, 1.54) is 5.69 Å². The molecule has 27 heavy (non-hydrogen) atoms. The average Bonchev–Trinajstić information content (AvgIpc) is 3.34. The second-order valence-electron chi connectivity index (χ2n) is 7.01. The first-order chi connectivity index (χ1) is 13.2. The van der Waals surface area contributed by atoms with Crippen molar-refractivity contribution in [1.82, 2.24) is 10.3 Å². The van der Waals surface area contributed by atoms with Gasteiger partial charge in [0.15, 0.2) is 0 Å². The van der Waals surface area contributed by atoms with Gasteiger partial charge in [-0.15, -0.1) is 0 Å². The number of hydrogen-bond donors (Lipinski definition) is 2. The van der Waals surface area contributed by atoms with Crippen molar-refractivity contribution in [3.05, 3.63) is 60.3 Å². The summed E-state index contributed by atoms with van der Waals surface area (Å²) in [4.78, 5) is 18.1. The molecule has 4 rings (SSSR count). The van der Waals surface area contributed by atoms with Crippen LogP contribution in [0.5, 0.6) is 5.75 Å². The lowest BCUT2D eigenvalue weighted by Gasteiger charge is -2.18. The van der Waals surface area contributed by atoms with E-state index in [1.54, 1.807) is 0 Å². The number of anilines is 1. The van der Waals surface area contributed by atoms with Gasteiger partial charge in [-0.3, -0.25) is 4.79 Å². The van der Waals surface area contributed by atoms with Crippen molar-refractivity contribution in [2.24, 2.45) is 5.92 Å². The van der Waals surface area contributed by atoms with Crippen molar-refractivity contribution >= 4 is 22.5 Å². The number of nitrogens with one attached hydrogen (secondary N) is 2. The molecule has 1 fully saturated rings. The summed E-state index contributed by atoms with van der Waals surface area (Å²) >= 11 is 0. The average molecular weight is 363 g/mol. The molecule has 2 heterocycles. The molecule has 1 aliphatic heterocycles. The highest BCUT2D eigenvalue weighted by Gasteiger charge is 2.23. The second-order valence-corrected chi connectivity index (χ2v) is 7.01. The van der Waals surface area contributed by atoms with Gasteiger partial charge in [0.2, 0.25) is 0 Å². The summed E-state index contributed by atoms with van der Waals surface area (Å²) in [5.74, 6) is 1.23. The Morgan fingerprint density at radius 1 is 1.22 bits per heavy atom. The Bertz CT molecular complexity index is 920. The van der Waals surface area contributed by atoms with Crippen LogP contribution in [-0.2, 0) is 0 Å². The Morgan fingerprint density at radius 2 is 2.07 bits per heavy atom. The molecule has 1 aliphatic rings. The number of ether oxygens (including phenoxy) is 1. The maximum Gasteiger partial charge on any atom is 0.267 e. The lowest BCUT2D eigenvalue weighted by molar-refractivity contribution is 0.0944. The summed E-state index contributed by atoms with van der Waals surface area (Å²) in [5.41, 5.74) is 2.77. The normalized spacial score (nSPS) is 16.6. The number of fused-ring (bicyclic) bond motifs is 1. The maximum atomic E-state index is 12.5. The first kappa shape index (κ1) is 17.5. The van der Waals surface area contributed by atoms with Gasteiger partial charge in [-0.05, 0) is 49.6 Å². The molecule has 1 unspecified atom stereocenters. The Kier molecular flexibility index (Phi) is 5.01. The zero-order chi connectivity index (χ0) is 18.6. The quantitative estimate of drug-likeness (QED) is 0.700. The Balaban J connectivity index is 1.35. The highest BCUT2D eigenvalue weighted by molar-refractivity contribution is 5.98. The maximum absolute atomic E-state index is 12.5. The van der Waals surface area contributed by atoms with Crippen LogP contribution in [0.25, 0.3) is 10.9 Å². The van der Waals surface area contributed by atoms with Crippen molar-refractivity contribution in [3.63, 3.8) is 0 Å². The SMILES string of the molecule is CCOc1ccc2cc(C(=O)NCC3CCN(c4ccccc4)C3)[nH]c2c1. The number of amides is 1. The predicted molar refractivity (Wildman–Crippen MR) is 109 cm³/mol. The number of aromatic nitrogens is 1. The molecule has 0 aliphatic carbocycles. The number of aromatic amines is 1. The van der Waals surface area contributed by atoms with Gasteiger partial charge in [0.25, 0.3) is 5.91 Å². The number of carbonyl (C=O) groups excluding carboxylic acids is 1. The minimum absolute atomic E-state index is 0.0534. The van der Waals surface area contributed by atoms with Crippen LogP contribution in [0.2, 0.25) is 0 Å². The van der Waals surface area contributed by atoms with Crippen LogP contribution in [0.4, 0.5) is 5.69 Å². The van der Waals surface area contributed by atoms with Crippen LogP contribution in [-0.4, -0.2) is 37.1 Å². The summed E-state index contributed by atoms with van der Waals surface area (Å²) in [7, 11) is 0. The summed E-state index contributed by atoms with van der Waals surface area (Å²) in [6.07, 6.45) is 1.10. The van der Waals surface area contributed by atoms with Gasteiger partial charge in [0.05, 0.1) is 6.61 Å². The third kappa shape index (κ3) is 3.92. The highest BCUT2D eigenvalue weighted by atomic mass is 16.5. The van der Waals surface area contributed by atoms with Gasteiger partial charge < -0.3 is 19.9 Å². The van der Waals surface area contributed by atoms with Crippen molar-refractivity contribution < 1.29 is 9.53 Å². The molecule has 1 aromatic heterocycles. The molecule has 3 aromatic rings. The van der Waals surface area contributed by atoms with Crippen LogP contribution in [0, 0.1) is 5.92 Å². The van der Waals surface area contributed by atoms with Crippen LogP contribution in [0.1, 0.15) is 23.8 Å². The molecule has 1 atom stereocenters. The topological polar surface area (TPSA) is 57.4 Å². The van der Waals surface area contributed by atoms with E-state index >= 15 is 0 Å². The van der Waals surface area contributed by atoms with Gasteiger partial charge in [-0.1, -0.05) is 18.2 Å². The van der Waals surface area contributed by atoms with Crippen molar-refractivity contribution in [1.29, 1.82) is 0 Å². The minimum atomic E-state index is -0.0534. The van der Waals surface area contributed by atoms with E-state index in [0.717, 1.165) is 36.2 Å². The van der Waals surface area contributed by atoms with E-state index in [1.807, 2.05) is 37.3 Å². The fraction of sp³-hybridized carbons (Fsp3) is 0.318. The molecule has 140 valence electrons. The van der Waals surface area contributed by atoms with E-state index in [0.29, 0.717) is 24.8 Å². The molecule has 0 saturated carbocycles. The van der Waals surface area contributed by atoms with Crippen LogP contribution < -0.4 is 15.0 Å². The molecular formula is C22H25N3O2. The molecule has 2 N–H and O–H groups in total.